The fraction of sp³-hybridized carbons (Fsp3) is 0.140. The maximum Gasteiger partial charge on any atom is 0.337 e. The van der Waals surface area contributed by atoms with E-state index >= 15 is 0 Å². The van der Waals surface area contributed by atoms with Crippen molar-refractivity contribution < 1.29 is 19.1 Å². The van der Waals surface area contributed by atoms with E-state index in [1.807, 2.05) is 115 Å². The van der Waals surface area contributed by atoms with Gasteiger partial charge < -0.3 is 20.3 Å². The highest BCUT2D eigenvalue weighted by atomic mass is 32.2. The summed E-state index contributed by atoms with van der Waals surface area (Å²) in [4.78, 5) is 41.4. The summed E-state index contributed by atoms with van der Waals surface area (Å²) < 4.78 is 6.03. The normalized spacial score (nSPS) is 16.5. The molecule has 0 aliphatic carbocycles. The lowest BCUT2D eigenvalue weighted by Crippen LogP contribution is -2.68. The molecule has 5 aromatic carbocycles. The maximum absolute atomic E-state index is 13.4. The first kappa shape index (κ1) is 35.0. The summed E-state index contributed by atoms with van der Waals surface area (Å²) in [6, 6.07) is 48.9. The van der Waals surface area contributed by atoms with Gasteiger partial charge in [0.05, 0.1) is 12.0 Å². The predicted octanol–water partition coefficient (Wildman–Crippen LogP) is 7.10. The lowest BCUT2D eigenvalue weighted by Gasteiger charge is -2.47. The number of esters is 1. The van der Waals surface area contributed by atoms with Gasteiger partial charge in [0.1, 0.15) is 22.0 Å². The van der Waals surface area contributed by atoms with Crippen LogP contribution in [0.2, 0.25) is 0 Å². The van der Waals surface area contributed by atoms with Crippen LogP contribution in [0.3, 0.4) is 0 Å². The standard InChI is InChI=1S/C43H35N5O4S2/c49-35(26-36-46-47-42(54-36)45-43(32-20-10-3-11-21-32,33-22-12-4-13-23-33)34-24-14-5-15-25-34)44-37-39(50)48-27-31(28-53-40(37)48)41(51)52-38(29-16-6-1-7-17-29)30-18-8-2-9-19-30/h1-25,27,37-38,40H,26,28H2,(H,44,49)(H,45,47)/t37?,40-/m1/s1. The minimum atomic E-state index is -0.786. The predicted molar refractivity (Wildman–Crippen MR) is 210 cm³/mol. The fourth-order valence-electron chi connectivity index (χ4n) is 6.87. The minimum absolute atomic E-state index is 0.0384. The Labute approximate surface area is 321 Å². The highest BCUT2D eigenvalue weighted by Crippen LogP contribution is 2.41. The Morgan fingerprint density at radius 1 is 0.741 bits per heavy atom. The van der Waals surface area contributed by atoms with E-state index in [4.69, 9.17) is 4.74 Å². The number of hydrogen-bond acceptors (Lipinski definition) is 9. The average Bonchev–Trinajstić information content (AvgIpc) is 3.68. The van der Waals surface area contributed by atoms with Gasteiger partial charge in [-0.1, -0.05) is 163 Å². The summed E-state index contributed by atoms with van der Waals surface area (Å²) in [6.07, 6.45) is 0.927. The van der Waals surface area contributed by atoms with Crippen molar-refractivity contribution in [2.45, 2.75) is 29.5 Å². The number of rotatable bonds is 12. The van der Waals surface area contributed by atoms with Crippen molar-refractivity contribution in [1.29, 1.82) is 0 Å². The van der Waals surface area contributed by atoms with Gasteiger partial charge in [-0.15, -0.1) is 22.0 Å². The summed E-state index contributed by atoms with van der Waals surface area (Å²) in [6.45, 7) is 0. The van der Waals surface area contributed by atoms with Crippen LogP contribution < -0.4 is 10.6 Å². The summed E-state index contributed by atoms with van der Waals surface area (Å²) in [7, 11) is 0. The van der Waals surface area contributed by atoms with Crippen molar-refractivity contribution in [2.75, 3.05) is 11.1 Å². The molecule has 2 N–H and O–H groups in total. The third-order valence-corrected chi connectivity index (χ3v) is 11.6. The number of carbonyl (C=O) groups excluding carboxylic acids is 3. The van der Waals surface area contributed by atoms with Crippen LogP contribution in [-0.4, -0.2) is 50.0 Å². The molecule has 54 heavy (non-hydrogen) atoms. The van der Waals surface area contributed by atoms with Gasteiger partial charge in [-0.3, -0.25) is 9.59 Å². The topological polar surface area (TPSA) is 114 Å². The Balaban J connectivity index is 0.937. The van der Waals surface area contributed by atoms with Gasteiger partial charge in [-0.2, -0.15) is 0 Å². The molecule has 1 aromatic heterocycles. The molecule has 0 saturated carbocycles. The molecule has 1 unspecified atom stereocenters. The zero-order valence-electron chi connectivity index (χ0n) is 28.9. The number of anilines is 1. The van der Waals surface area contributed by atoms with Crippen LogP contribution in [0, 0.1) is 0 Å². The zero-order chi connectivity index (χ0) is 36.9. The number of aromatic nitrogens is 2. The Morgan fingerprint density at radius 2 is 1.24 bits per heavy atom. The fourth-order valence-corrected chi connectivity index (χ4v) is 8.91. The molecule has 2 aliphatic rings. The van der Waals surface area contributed by atoms with Crippen molar-refractivity contribution in [2.24, 2.45) is 0 Å². The van der Waals surface area contributed by atoms with E-state index < -0.39 is 23.7 Å². The number of benzene rings is 5. The smallest absolute Gasteiger partial charge is 0.337 e. The number of hydrogen-bond donors (Lipinski definition) is 2. The van der Waals surface area contributed by atoms with Gasteiger partial charge in [-0.25, -0.2) is 4.79 Å². The van der Waals surface area contributed by atoms with Crippen LogP contribution in [0.4, 0.5) is 5.13 Å². The largest absolute Gasteiger partial charge is 0.449 e. The molecule has 6 aromatic rings. The molecule has 11 heteroatoms. The van der Waals surface area contributed by atoms with Gasteiger partial charge in [-0.05, 0) is 27.8 Å². The molecular formula is C43H35N5O4S2. The van der Waals surface area contributed by atoms with Gasteiger partial charge >= 0.3 is 5.97 Å². The Hall–Kier alpha value is -6.04. The number of nitrogens with zero attached hydrogens (tertiary/aromatic N) is 3. The number of carbonyl (C=O) groups is 3. The third-order valence-electron chi connectivity index (χ3n) is 9.49. The van der Waals surface area contributed by atoms with Crippen LogP contribution in [0.25, 0.3) is 0 Å². The summed E-state index contributed by atoms with van der Waals surface area (Å²) in [5, 5.41) is 16.1. The molecule has 0 radical (unpaired) electrons. The van der Waals surface area contributed by atoms with Crippen molar-refractivity contribution in [3.63, 3.8) is 0 Å². The minimum Gasteiger partial charge on any atom is -0.449 e. The number of amides is 2. The zero-order valence-corrected chi connectivity index (χ0v) is 30.6. The Morgan fingerprint density at radius 3 is 1.76 bits per heavy atom. The molecule has 2 amide bonds. The second-order valence-corrected chi connectivity index (χ2v) is 15.1. The number of nitrogens with one attached hydrogen (secondary N) is 2. The second kappa shape index (κ2) is 15.5. The molecule has 2 aliphatic heterocycles. The van der Waals surface area contributed by atoms with Crippen molar-refractivity contribution in [3.05, 3.63) is 196 Å². The average molecular weight is 750 g/mol. The Bertz CT molecular complexity index is 2140. The molecule has 9 nitrogen and oxygen atoms in total. The first-order valence-corrected chi connectivity index (χ1v) is 19.4. The first-order chi connectivity index (χ1) is 26.5. The van der Waals surface area contributed by atoms with Crippen molar-refractivity contribution >= 4 is 46.0 Å². The quantitative estimate of drug-likeness (QED) is 0.0775. The molecule has 0 bridgehead atoms. The van der Waals surface area contributed by atoms with E-state index in [1.165, 1.54) is 28.0 Å². The third kappa shape index (κ3) is 7.03. The molecule has 3 heterocycles. The van der Waals surface area contributed by atoms with Crippen LogP contribution in [0.5, 0.6) is 0 Å². The SMILES string of the molecule is O=C(Cc1nnc(NC(c2ccccc2)(c2ccccc2)c2ccccc2)s1)NC1C(=O)N2C=C(C(=O)OC(c3ccccc3)c3ccccc3)CS[C@H]12. The molecule has 0 spiro atoms. The van der Waals surface area contributed by atoms with E-state index in [1.54, 1.807) is 6.20 Å². The Kier molecular flexibility index (Phi) is 10.1. The molecular weight excluding hydrogens is 715 g/mol. The highest BCUT2D eigenvalue weighted by Gasteiger charge is 2.50. The van der Waals surface area contributed by atoms with Crippen LogP contribution in [0.15, 0.2) is 163 Å². The van der Waals surface area contributed by atoms with Gasteiger partial charge in [0.2, 0.25) is 11.0 Å². The maximum atomic E-state index is 13.4. The summed E-state index contributed by atoms with van der Waals surface area (Å²) >= 11 is 2.72. The summed E-state index contributed by atoms with van der Waals surface area (Å²) in [5.41, 5.74) is 4.36. The van der Waals surface area contributed by atoms with E-state index in [-0.39, 0.29) is 23.6 Å². The summed E-state index contributed by atoms with van der Waals surface area (Å²) in [5.74, 6) is -0.769. The van der Waals surface area contributed by atoms with Gasteiger partial charge in [0.15, 0.2) is 6.10 Å². The van der Waals surface area contributed by atoms with E-state index in [2.05, 4.69) is 57.2 Å². The van der Waals surface area contributed by atoms with Gasteiger partial charge in [0, 0.05) is 12.0 Å². The van der Waals surface area contributed by atoms with Crippen LogP contribution >= 0.6 is 23.1 Å². The highest BCUT2D eigenvalue weighted by molar-refractivity contribution is 8.00. The molecule has 8 rings (SSSR count). The number of fused-ring (bicyclic) bond motifs is 1. The number of ether oxygens (including phenoxy) is 1. The first-order valence-electron chi connectivity index (χ1n) is 17.5. The van der Waals surface area contributed by atoms with Crippen molar-refractivity contribution in [3.8, 4) is 0 Å². The molecule has 268 valence electrons. The lowest BCUT2D eigenvalue weighted by atomic mass is 9.77. The number of β-lactam (4-membered cyclic amide) rings is 1. The van der Waals surface area contributed by atoms with E-state index in [0.717, 1.165) is 27.8 Å². The van der Waals surface area contributed by atoms with E-state index in [9.17, 15) is 14.4 Å². The molecule has 2 atom stereocenters. The molecule has 1 fully saturated rings. The molecule has 1 saturated heterocycles. The second-order valence-electron chi connectivity index (χ2n) is 12.9. The van der Waals surface area contributed by atoms with E-state index in [0.29, 0.717) is 21.5 Å². The monoisotopic (exact) mass is 749 g/mol. The van der Waals surface area contributed by atoms with Crippen molar-refractivity contribution in [1.82, 2.24) is 20.4 Å². The van der Waals surface area contributed by atoms with Crippen LogP contribution in [0.1, 0.15) is 38.9 Å². The lowest BCUT2D eigenvalue weighted by molar-refractivity contribution is -0.145. The van der Waals surface area contributed by atoms with Gasteiger partial charge in [0.25, 0.3) is 5.91 Å². The number of thioether (sulfide) groups is 1. The van der Waals surface area contributed by atoms with Crippen LogP contribution in [-0.2, 0) is 31.1 Å².